The van der Waals surface area contributed by atoms with Gasteiger partial charge in [-0.1, -0.05) is 104 Å². The van der Waals surface area contributed by atoms with Crippen molar-refractivity contribution in [2.24, 2.45) is 5.92 Å². The van der Waals surface area contributed by atoms with Gasteiger partial charge in [0.15, 0.2) is 0 Å². The summed E-state index contributed by atoms with van der Waals surface area (Å²) in [5, 5.41) is 2.63. The highest BCUT2D eigenvalue weighted by molar-refractivity contribution is 5.96. The first-order valence-electron chi connectivity index (χ1n) is 14.3. The summed E-state index contributed by atoms with van der Waals surface area (Å²) in [5.41, 5.74) is -0.753. The molecule has 0 radical (unpaired) electrons. The predicted octanol–water partition coefficient (Wildman–Crippen LogP) is 8.87. The van der Waals surface area contributed by atoms with E-state index in [4.69, 9.17) is 4.74 Å². The second kappa shape index (κ2) is 19.1. The van der Waals surface area contributed by atoms with Crippen LogP contribution >= 0.6 is 0 Å². The maximum absolute atomic E-state index is 12.8. The van der Waals surface area contributed by atoms with Crippen molar-refractivity contribution in [3.8, 4) is 0 Å². The van der Waals surface area contributed by atoms with E-state index in [1.54, 1.807) is 0 Å². The molecule has 0 aromatic heterocycles. The maximum Gasteiger partial charge on any atom is 0.416 e. The number of nitrogens with one attached hydrogen (secondary N) is 1. The fourth-order valence-corrected chi connectivity index (χ4v) is 4.31. The summed E-state index contributed by atoms with van der Waals surface area (Å²) < 4.78 is 43.7. The zero-order valence-electron chi connectivity index (χ0n) is 23.1. The summed E-state index contributed by atoms with van der Waals surface area (Å²) in [6.45, 7) is 6.41. The van der Waals surface area contributed by atoms with Crippen molar-refractivity contribution in [2.75, 3.05) is 6.61 Å². The number of hydrogen-bond donors (Lipinski definition) is 1. The summed E-state index contributed by atoms with van der Waals surface area (Å²) in [6, 6.07) is 3.12. The van der Waals surface area contributed by atoms with Crippen molar-refractivity contribution in [1.82, 2.24) is 5.32 Å². The number of ether oxygens (including phenoxy) is 1. The van der Waals surface area contributed by atoms with Crippen LogP contribution in [0.1, 0.15) is 133 Å². The summed E-state index contributed by atoms with van der Waals surface area (Å²) in [5.74, 6) is -0.956. The van der Waals surface area contributed by atoms with Gasteiger partial charge < -0.3 is 10.1 Å². The van der Waals surface area contributed by atoms with Crippen molar-refractivity contribution < 1.29 is 27.5 Å². The first kappa shape index (κ1) is 33.0. The Balaban J connectivity index is 2.23. The van der Waals surface area contributed by atoms with Gasteiger partial charge in [-0.05, 0) is 43.0 Å². The minimum atomic E-state index is -4.47. The molecule has 0 aliphatic heterocycles. The lowest BCUT2D eigenvalue weighted by Gasteiger charge is -2.19. The molecule has 0 heterocycles. The maximum atomic E-state index is 12.8. The Hall–Kier alpha value is -2.05. The molecule has 0 fully saturated rings. The van der Waals surface area contributed by atoms with Crippen molar-refractivity contribution in [1.29, 1.82) is 0 Å². The van der Waals surface area contributed by atoms with Crippen LogP contribution in [-0.2, 0) is 15.7 Å². The Morgan fingerprint density at radius 1 is 0.784 bits per heavy atom. The molecule has 0 aliphatic rings. The molecule has 37 heavy (non-hydrogen) atoms. The largest absolute Gasteiger partial charge is 0.464 e. The van der Waals surface area contributed by atoms with E-state index >= 15 is 0 Å². The monoisotopic (exact) mass is 527 g/mol. The number of halogens is 3. The van der Waals surface area contributed by atoms with Crippen molar-refractivity contribution >= 4 is 11.9 Å². The number of hydrogen-bond acceptors (Lipinski definition) is 3. The van der Waals surface area contributed by atoms with Crippen LogP contribution in [0.25, 0.3) is 0 Å². The number of amides is 1. The quantitative estimate of drug-likeness (QED) is 0.136. The molecule has 1 aromatic carbocycles. The van der Waals surface area contributed by atoms with Gasteiger partial charge in [-0.3, -0.25) is 4.79 Å². The SMILES string of the molecule is CCCCCCCCCCCCCCCCOC(=O)C(CC(C)C)NC(=O)c1ccc(C(F)(F)F)cc1. The van der Waals surface area contributed by atoms with Gasteiger partial charge in [-0.15, -0.1) is 0 Å². The molecule has 1 amide bonds. The molecule has 0 bridgehead atoms. The normalized spacial score (nSPS) is 12.5. The summed E-state index contributed by atoms with van der Waals surface area (Å²) in [4.78, 5) is 25.1. The van der Waals surface area contributed by atoms with E-state index < -0.39 is 29.7 Å². The molecule has 0 aliphatic carbocycles. The lowest BCUT2D eigenvalue weighted by atomic mass is 10.0. The average molecular weight is 528 g/mol. The van der Waals surface area contributed by atoms with E-state index in [1.807, 2.05) is 13.8 Å². The van der Waals surface area contributed by atoms with Crippen LogP contribution in [0, 0.1) is 5.92 Å². The highest BCUT2D eigenvalue weighted by Crippen LogP contribution is 2.29. The highest BCUT2D eigenvalue weighted by Gasteiger charge is 2.30. The van der Waals surface area contributed by atoms with Gasteiger partial charge in [0.2, 0.25) is 0 Å². The molecular weight excluding hydrogens is 479 g/mol. The Bertz CT molecular complexity index is 747. The minimum absolute atomic E-state index is 0.0709. The van der Waals surface area contributed by atoms with Crippen LogP contribution in [0.3, 0.4) is 0 Å². The standard InChI is InChI=1S/C30H48F3NO3/c1-4-5-6-7-8-9-10-11-12-13-14-15-16-17-22-37-29(36)27(23-24(2)3)34-28(35)25-18-20-26(21-19-25)30(31,32)33/h18-21,24,27H,4-17,22-23H2,1-3H3,(H,34,35). The van der Waals surface area contributed by atoms with Crippen molar-refractivity contribution in [2.45, 2.75) is 129 Å². The second-order valence-electron chi connectivity index (χ2n) is 10.5. The van der Waals surface area contributed by atoms with Gasteiger partial charge >= 0.3 is 12.1 Å². The smallest absolute Gasteiger partial charge is 0.416 e. The third-order valence-electron chi connectivity index (χ3n) is 6.51. The molecule has 1 rings (SSSR count). The Labute approximate surface area is 222 Å². The number of benzene rings is 1. The molecule has 1 unspecified atom stereocenters. The minimum Gasteiger partial charge on any atom is -0.464 e. The van der Waals surface area contributed by atoms with Crippen LogP contribution in [-0.4, -0.2) is 24.5 Å². The Kier molecular flexibility index (Phi) is 17.0. The molecule has 1 atom stereocenters. The van der Waals surface area contributed by atoms with E-state index in [2.05, 4.69) is 12.2 Å². The van der Waals surface area contributed by atoms with E-state index in [9.17, 15) is 22.8 Å². The van der Waals surface area contributed by atoms with Gasteiger partial charge in [-0.25, -0.2) is 4.79 Å². The van der Waals surface area contributed by atoms with Gasteiger partial charge in [0, 0.05) is 5.56 Å². The zero-order chi connectivity index (χ0) is 27.5. The number of esters is 1. The van der Waals surface area contributed by atoms with E-state index in [0.29, 0.717) is 13.0 Å². The number of carbonyl (C=O) groups is 2. The van der Waals surface area contributed by atoms with E-state index in [-0.39, 0.29) is 11.5 Å². The fraction of sp³-hybridized carbons (Fsp3) is 0.733. The first-order chi connectivity index (χ1) is 17.6. The molecule has 0 saturated carbocycles. The molecule has 0 saturated heterocycles. The van der Waals surface area contributed by atoms with Gasteiger partial charge in [0.05, 0.1) is 12.2 Å². The third-order valence-corrected chi connectivity index (χ3v) is 6.51. The summed E-state index contributed by atoms with van der Waals surface area (Å²) in [6.07, 6.45) is 13.4. The molecular formula is C30H48F3NO3. The Morgan fingerprint density at radius 3 is 1.68 bits per heavy atom. The van der Waals surface area contributed by atoms with Gasteiger partial charge in [0.1, 0.15) is 6.04 Å². The molecule has 1 aromatic rings. The summed E-state index contributed by atoms with van der Waals surface area (Å²) in [7, 11) is 0. The molecule has 7 heteroatoms. The van der Waals surface area contributed by atoms with Gasteiger partial charge in [-0.2, -0.15) is 13.2 Å². The van der Waals surface area contributed by atoms with E-state index in [1.165, 1.54) is 70.6 Å². The molecule has 4 nitrogen and oxygen atoms in total. The lowest BCUT2D eigenvalue weighted by Crippen LogP contribution is -2.42. The predicted molar refractivity (Wildman–Crippen MR) is 143 cm³/mol. The van der Waals surface area contributed by atoms with Crippen molar-refractivity contribution in [3.05, 3.63) is 35.4 Å². The topological polar surface area (TPSA) is 55.4 Å². The van der Waals surface area contributed by atoms with Crippen LogP contribution in [0.2, 0.25) is 0 Å². The number of rotatable bonds is 20. The van der Waals surface area contributed by atoms with E-state index in [0.717, 1.165) is 43.5 Å². The van der Waals surface area contributed by atoms with Crippen LogP contribution in [0.4, 0.5) is 13.2 Å². The molecule has 212 valence electrons. The zero-order valence-corrected chi connectivity index (χ0v) is 23.1. The van der Waals surface area contributed by atoms with Crippen LogP contribution < -0.4 is 5.32 Å². The number of unbranched alkanes of at least 4 members (excludes halogenated alkanes) is 13. The van der Waals surface area contributed by atoms with Crippen LogP contribution in [0.5, 0.6) is 0 Å². The third kappa shape index (κ3) is 15.7. The second-order valence-corrected chi connectivity index (χ2v) is 10.5. The fourth-order valence-electron chi connectivity index (χ4n) is 4.31. The molecule has 1 N–H and O–H groups in total. The lowest BCUT2D eigenvalue weighted by molar-refractivity contribution is -0.146. The summed E-state index contributed by atoms with van der Waals surface area (Å²) >= 11 is 0. The van der Waals surface area contributed by atoms with Crippen molar-refractivity contribution in [3.63, 3.8) is 0 Å². The number of alkyl halides is 3. The Morgan fingerprint density at radius 2 is 1.24 bits per heavy atom. The first-order valence-corrected chi connectivity index (χ1v) is 14.3. The highest BCUT2D eigenvalue weighted by atomic mass is 19.4. The molecule has 0 spiro atoms. The van der Waals surface area contributed by atoms with Gasteiger partial charge in [0.25, 0.3) is 5.91 Å². The average Bonchev–Trinajstić information content (AvgIpc) is 2.85. The number of carbonyl (C=O) groups excluding carboxylic acids is 2. The van der Waals surface area contributed by atoms with Crippen LogP contribution in [0.15, 0.2) is 24.3 Å².